The number of hydrogen-bond acceptors (Lipinski definition) is 2. The second-order valence-electron chi connectivity index (χ2n) is 7.79. The van der Waals surface area contributed by atoms with Crippen LogP contribution in [0.25, 0.3) is 0 Å². The smallest absolute Gasteiger partial charge is 0.136 e. The summed E-state index contributed by atoms with van der Waals surface area (Å²) >= 11 is 0. The molecule has 118 valence electrons. The van der Waals surface area contributed by atoms with Crippen LogP contribution < -0.4 is 0 Å². The van der Waals surface area contributed by atoms with E-state index >= 15 is 0 Å². The summed E-state index contributed by atoms with van der Waals surface area (Å²) in [4.78, 5) is 14.5. The third kappa shape index (κ3) is 5.20. The quantitative estimate of drug-likeness (QED) is 0.586. The SMILES string of the molecule is CCCCCCCCCN1C(C)(C)CC(=O)CC1(C)C. The van der Waals surface area contributed by atoms with Crippen molar-refractivity contribution in [3.63, 3.8) is 0 Å². The number of unbranched alkanes of at least 4 members (excludes halogenated alkanes) is 6. The molecule has 2 heteroatoms. The van der Waals surface area contributed by atoms with Crippen LogP contribution in [0.2, 0.25) is 0 Å². The highest BCUT2D eigenvalue weighted by Crippen LogP contribution is 2.36. The van der Waals surface area contributed by atoms with E-state index in [4.69, 9.17) is 0 Å². The zero-order valence-corrected chi connectivity index (χ0v) is 14.4. The van der Waals surface area contributed by atoms with Crippen LogP contribution in [0.15, 0.2) is 0 Å². The van der Waals surface area contributed by atoms with Crippen molar-refractivity contribution in [2.24, 2.45) is 0 Å². The van der Waals surface area contributed by atoms with E-state index in [0.717, 1.165) is 6.54 Å². The summed E-state index contributed by atoms with van der Waals surface area (Å²) in [6.07, 6.45) is 10.9. The molecule has 1 fully saturated rings. The maximum absolute atomic E-state index is 11.9. The van der Waals surface area contributed by atoms with Crippen molar-refractivity contribution >= 4 is 5.78 Å². The zero-order valence-electron chi connectivity index (χ0n) is 14.4. The number of ketones is 1. The van der Waals surface area contributed by atoms with Crippen LogP contribution in [0.4, 0.5) is 0 Å². The first kappa shape index (κ1) is 17.7. The van der Waals surface area contributed by atoms with Gasteiger partial charge in [-0.05, 0) is 40.7 Å². The van der Waals surface area contributed by atoms with Crippen LogP contribution in [0.5, 0.6) is 0 Å². The summed E-state index contributed by atoms with van der Waals surface area (Å²) in [6.45, 7) is 12.3. The van der Waals surface area contributed by atoms with Crippen LogP contribution in [0.3, 0.4) is 0 Å². The molecule has 1 aliphatic rings. The Morgan fingerprint density at radius 2 is 1.30 bits per heavy atom. The average Bonchev–Trinajstić information content (AvgIpc) is 2.28. The minimum Gasteiger partial charge on any atom is -0.300 e. The monoisotopic (exact) mass is 281 g/mol. The molecule has 1 aliphatic heterocycles. The van der Waals surface area contributed by atoms with Crippen LogP contribution in [-0.4, -0.2) is 28.3 Å². The van der Waals surface area contributed by atoms with Gasteiger partial charge in [0.15, 0.2) is 0 Å². The third-order valence-electron chi connectivity index (χ3n) is 4.71. The van der Waals surface area contributed by atoms with Gasteiger partial charge in [-0.3, -0.25) is 9.69 Å². The highest BCUT2D eigenvalue weighted by Gasteiger charge is 2.44. The summed E-state index contributed by atoms with van der Waals surface area (Å²) in [6, 6.07) is 0. The molecular formula is C18H35NO. The van der Waals surface area contributed by atoms with Crippen molar-refractivity contribution in [3.05, 3.63) is 0 Å². The van der Waals surface area contributed by atoms with Crippen LogP contribution in [-0.2, 0) is 4.79 Å². The lowest BCUT2D eigenvalue weighted by Crippen LogP contribution is -2.61. The molecule has 0 aromatic carbocycles. The highest BCUT2D eigenvalue weighted by atomic mass is 16.1. The molecule has 0 aromatic rings. The van der Waals surface area contributed by atoms with Crippen LogP contribution >= 0.6 is 0 Å². The molecule has 0 atom stereocenters. The summed E-state index contributed by atoms with van der Waals surface area (Å²) < 4.78 is 0. The zero-order chi connectivity index (χ0) is 15.2. The maximum Gasteiger partial charge on any atom is 0.136 e. The van der Waals surface area contributed by atoms with E-state index in [2.05, 4.69) is 39.5 Å². The van der Waals surface area contributed by atoms with E-state index in [9.17, 15) is 4.79 Å². The molecule has 1 rings (SSSR count). The van der Waals surface area contributed by atoms with E-state index in [-0.39, 0.29) is 11.1 Å². The lowest BCUT2D eigenvalue weighted by molar-refractivity contribution is -0.133. The number of likely N-dealkylation sites (tertiary alicyclic amines) is 1. The van der Waals surface area contributed by atoms with E-state index in [0.29, 0.717) is 18.6 Å². The number of rotatable bonds is 8. The van der Waals surface area contributed by atoms with Crippen molar-refractivity contribution in [1.82, 2.24) is 4.90 Å². The van der Waals surface area contributed by atoms with Gasteiger partial charge in [-0.25, -0.2) is 0 Å². The Balaban J connectivity index is 2.35. The fraction of sp³-hybridized carbons (Fsp3) is 0.944. The van der Waals surface area contributed by atoms with Crippen LogP contribution in [0, 0.1) is 0 Å². The van der Waals surface area contributed by atoms with Crippen LogP contribution in [0.1, 0.15) is 92.4 Å². The van der Waals surface area contributed by atoms with Gasteiger partial charge in [-0.2, -0.15) is 0 Å². The predicted octanol–water partition coefficient (Wildman–Crippen LogP) is 4.96. The van der Waals surface area contributed by atoms with Gasteiger partial charge in [0.05, 0.1) is 0 Å². The molecule has 0 aliphatic carbocycles. The molecule has 0 spiro atoms. The van der Waals surface area contributed by atoms with Gasteiger partial charge in [0, 0.05) is 23.9 Å². The van der Waals surface area contributed by atoms with Gasteiger partial charge in [-0.15, -0.1) is 0 Å². The molecule has 0 N–H and O–H groups in total. The first-order valence-electron chi connectivity index (χ1n) is 8.59. The van der Waals surface area contributed by atoms with Crippen molar-refractivity contribution in [3.8, 4) is 0 Å². The Bertz CT molecular complexity index is 287. The lowest BCUT2D eigenvalue weighted by Gasteiger charge is -2.52. The molecule has 0 radical (unpaired) electrons. The second-order valence-corrected chi connectivity index (χ2v) is 7.79. The number of piperidine rings is 1. The number of carbonyl (C=O) groups excluding carboxylic acids is 1. The van der Waals surface area contributed by atoms with Gasteiger partial charge < -0.3 is 0 Å². The minimum atomic E-state index is 0.0288. The fourth-order valence-electron chi connectivity index (χ4n) is 3.87. The summed E-state index contributed by atoms with van der Waals surface area (Å²) in [5, 5.41) is 0. The average molecular weight is 281 g/mol. The number of nitrogens with zero attached hydrogens (tertiary/aromatic N) is 1. The summed E-state index contributed by atoms with van der Waals surface area (Å²) in [7, 11) is 0. The standard InChI is InChI=1S/C18H35NO/c1-6-7-8-9-10-11-12-13-19-17(2,3)14-16(20)15-18(19,4)5/h6-15H2,1-5H3. The van der Waals surface area contributed by atoms with Crippen molar-refractivity contribution in [2.75, 3.05) is 6.54 Å². The lowest BCUT2D eigenvalue weighted by atomic mass is 9.79. The van der Waals surface area contributed by atoms with Gasteiger partial charge in [0.2, 0.25) is 0 Å². The Morgan fingerprint density at radius 1 is 0.850 bits per heavy atom. The third-order valence-corrected chi connectivity index (χ3v) is 4.71. The van der Waals surface area contributed by atoms with Gasteiger partial charge >= 0.3 is 0 Å². The number of carbonyl (C=O) groups is 1. The first-order valence-corrected chi connectivity index (χ1v) is 8.59. The predicted molar refractivity (Wildman–Crippen MR) is 87.1 cm³/mol. The topological polar surface area (TPSA) is 20.3 Å². The molecule has 0 bridgehead atoms. The van der Waals surface area contributed by atoms with E-state index in [1.807, 2.05) is 0 Å². The normalized spacial score (nSPS) is 22.1. The van der Waals surface area contributed by atoms with Crippen molar-refractivity contribution in [1.29, 1.82) is 0 Å². The van der Waals surface area contributed by atoms with E-state index < -0.39 is 0 Å². The highest BCUT2D eigenvalue weighted by molar-refractivity contribution is 5.81. The molecule has 0 aromatic heterocycles. The molecule has 1 saturated heterocycles. The summed E-state index contributed by atoms with van der Waals surface area (Å²) in [5.41, 5.74) is 0.0576. The Labute approximate surface area is 126 Å². The molecule has 1 heterocycles. The molecule has 0 amide bonds. The Morgan fingerprint density at radius 3 is 1.80 bits per heavy atom. The van der Waals surface area contributed by atoms with E-state index in [1.165, 1.54) is 44.9 Å². The van der Waals surface area contributed by atoms with Crippen molar-refractivity contribution < 1.29 is 4.79 Å². The Kier molecular flexibility index (Phi) is 6.71. The molecule has 0 saturated carbocycles. The van der Waals surface area contributed by atoms with Gasteiger partial charge in [0.25, 0.3) is 0 Å². The molecule has 2 nitrogen and oxygen atoms in total. The van der Waals surface area contributed by atoms with E-state index in [1.54, 1.807) is 0 Å². The number of hydrogen-bond donors (Lipinski definition) is 0. The first-order chi connectivity index (χ1) is 9.29. The van der Waals surface area contributed by atoms with Gasteiger partial charge in [-0.1, -0.05) is 45.4 Å². The molecular weight excluding hydrogens is 246 g/mol. The minimum absolute atomic E-state index is 0.0288. The molecule has 20 heavy (non-hydrogen) atoms. The Hall–Kier alpha value is -0.370. The second kappa shape index (κ2) is 7.59. The number of Topliss-reactive ketones (excluding diaryl/α,β-unsaturated/α-hetero) is 1. The van der Waals surface area contributed by atoms with Gasteiger partial charge in [0.1, 0.15) is 5.78 Å². The molecule has 0 unspecified atom stereocenters. The van der Waals surface area contributed by atoms with Crippen molar-refractivity contribution in [2.45, 2.75) is 103 Å². The maximum atomic E-state index is 11.9. The largest absolute Gasteiger partial charge is 0.300 e. The fourth-order valence-corrected chi connectivity index (χ4v) is 3.87. The summed E-state index contributed by atoms with van der Waals surface area (Å²) in [5.74, 6) is 0.427.